The van der Waals surface area contributed by atoms with E-state index in [-0.39, 0.29) is 5.91 Å². The number of aromatic nitrogens is 3. The third-order valence-corrected chi connectivity index (χ3v) is 6.12. The van der Waals surface area contributed by atoms with E-state index in [9.17, 15) is 4.79 Å². The van der Waals surface area contributed by atoms with Crippen molar-refractivity contribution in [2.75, 3.05) is 12.9 Å². The first-order valence-electron chi connectivity index (χ1n) is 9.11. The van der Waals surface area contributed by atoms with Crippen LogP contribution in [0, 0.1) is 11.8 Å². The number of methoxy groups -OCH3 is 1. The van der Waals surface area contributed by atoms with E-state index in [0.717, 1.165) is 22.3 Å². The number of nitrogens with zero attached hydrogens (tertiary/aromatic N) is 3. The second kappa shape index (κ2) is 7.31. The Morgan fingerprint density at radius 3 is 2.46 bits per heavy atom. The molecule has 0 saturated heterocycles. The van der Waals surface area contributed by atoms with Gasteiger partial charge in [0.1, 0.15) is 5.75 Å². The zero-order chi connectivity index (χ0) is 18.1. The summed E-state index contributed by atoms with van der Waals surface area (Å²) < 4.78 is 7.12. The highest BCUT2D eigenvalue weighted by atomic mass is 32.2. The van der Waals surface area contributed by atoms with E-state index in [0.29, 0.717) is 23.6 Å². The molecule has 6 nitrogen and oxygen atoms in total. The number of amides is 1. The molecule has 1 amide bonds. The Balaban J connectivity index is 1.36. The van der Waals surface area contributed by atoms with Gasteiger partial charge in [-0.2, -0.15) is 0 Å². The molecule has 4 rings (SSSR count). The van der Waals surface area contributed by atoms with Crippen LogP contribution in [0.4, 0.5) is 0 Å². The van der Waals surface area contributed by atoms with Gasteiger partial charge in [-0.15, -0.1) is 10.2 Å². The van der Waals surface area contributed by atoms with Crippen molar-refractivity contribution in [3.05, 3.63) is 24.3 Å². The summed E-state index contributed by atoms with van der Waals surface area (Å²) in [4.78, 5) is 12.3. The van der Waals surface area contributed by atoms with Crippen LogP contribution >= 0.6 is 11.8 Å². The van der Waals surface area contributed by atoms with Crippen LogP contribution in [0.25, 0.3) is 11.4 Å². The van der Waals surface area contributed by atoms with Crippen molar-refractivity contribution in [3.63, 3.8) is 0 Å². The van der Waals surface area contributed by atoms with Crippen LogP contribution in [0.3, 0.4) is 0 Å². The highest BCUT2D eigenvalue weighted by Gasteiger charge is 2.42. The Labute approximate surface area is 157 Å². The summed E-state index contributed by atoms with van der Waals surface area (Å²) in [6.45, 7) is 0. The van der Waals surface area contributed by atoms with Crippen LogP contribution in [0.5, 0.6) is 5.75 Å². The van der Waals surface area contributed by atoms with Crippen molar-refractivity contribution < 1.29 is 9.53 Å². The molecule has 1 aromatic carbocycles. The van der Waals surface area contributed by atoms with E-state index in [2.05, 4.69) is 15.5 Å². The summed E-state index contributed by atoms with van der Waals surface area (Å²) in [7, 11) is 3.57. The van der Waals surface area contributed by atoms with E-state index in [1.165, 1.54) is 37.4 Å². The summed E-state index contributed by atoms with van der Waals surface area (Å²) in [5, 5.41) is 12.5. The first kappa shape index (κ1) is 17.4. The zero-order valence-corrected chi connectivity index (χ0v) is 16.0. The van der Waals surface area contributed by atoms with Gasteiger partial charge < -0.3 is 14.6 Å². The topological polar surface area (TPSA) is 69.0 Å². The van der Waals surface area contributed by atoms with Gasteiger partial charge in [-0.25, -0.2) is 0 Å². The Kier molecular flexibility index (Phi) is 4.89. The largest absolute Gasteiger partial charge is 0.497 e. The van der Waals surface area contributed by atoms with Crippen molar-refractivity contribution in [2.45, 2.75) is 36.9 Å². The molecule has 0 radical (unpaired) electrons. The minimum Gasteiger partial charge on any atom is -0.497 e. The highest BCUT2D eigenvalue weighted by Crippen LogP contribution is 2.44. The van der Waals surface area contributed by atoms with Crippen LogP contribution in [0.1, 0.15) is 25.7 Å². The van der Waals surface area contributed by atoms with Gasteiger partial charge in [-0.1, -0.05) is 11.8 Å². The molecular weight excluding hydrogens is 348 g/mol. The molecule has 0 bridgehead atoms. The normalized spacial score (nSPS) is 16.7. The summed E-state index contributed by atoms with van der Waals surface area (Å²) in [5.41, 5.74) is 0.972. The molecule has 0 spiro atoms. The van der Waals surface area contributed by atoms with E-state index in [1.54, 1.807) is 7.11 Å². The number of thioether (sulfide) groups is 1. The molecule has 0 aliphatic heterocycles. The van der Waals surface area contributed by atoms with E-state index < -0.39 is 0 Å². The van der Waals surface area contributed by atoms with Crippen LogP contribution in [-0.2, 0) is 11.8 Å². The Bertz CT molecular complexity index is 769. The number of hydrogen-bond acceptors (Lipinski definition) is 5. The molecule has 1 aromatic heterocycles. The Morgan fingerprint density at radius 1 is 1.23 bits per heavy atom. The first-order chi connectivity index (χ1) is 12.7. The number of benzene rings is 1. The van der Waals surface area contributed by atoms with E-state index >= 15 is 0 Å². The van der Waals surface area contributed by atoms with Crippen molar-refractivity contribution in [1.82, 2.24) is 20.1 Å². The third-order valence-electron chi connectivity index (χ3n) is 5.10. The van der Waals surface area contributed by atoms with Crippen LogP contribution in [0.2, 0.25) is 0 Å². The molecule has 1 heterocycles. The maximum atomic E-state index is 12.3. The third kappa shape index (κ3) is 3.87. The fourth-order valence-electron chi connectivity index (χ4n) is 3.32. The molecule has 0 unspecified atom stereocenters. The molecule has 2 saturated carbocycles. The van der Waals surface area contributed by atoms with Gasteiger partial charge in [0.05, 0.1) is 12.9 Å². The molecule has 138 valence electrons. The molecule has 2 aromatic rings. The van der Waals surface area contributed by atoms with Gasteiger partial charge in [-0.3, -0.25) is 4.79 Å². The van der Waals surface area contributed by atoms with E-state index in [4.69, 9.17) is 4.74 Å². The number of hydrogen-bond donors (Lipinski definition) is 1. The summed E-state index contributed by atoms with van der Waals surface area (Å²) in [6.07, 6.45) is 5.07. The predicted molar refractivity (Wildman–Crippen MR) is 101 cm³/mol. The second-order valence-corrected chi connectivity index (χ2v) is 8.09. The van der Waals surface area contributed by atoms with Crippen molar-refractivity contribution >= 4 is 17.7 Å². The molecule has 26 heavy (non-hydrogen) atoms. The fourth-order valence-corrected chi connectivity index (χ4v) is 4.04. The SMILES string of the molecule is COc1ccc(-c2nnc(SCC(=O)NC(C3CC3)C3CC3)n2C)cc1. The van der Waals surface area contributed by atoms with Crippen molar-refractivity contribution in [1.29, 1.82) is 0 Å². The van der Waals surface area contributed by atoms with Gasteiger partial charge in [0, 0.05) is 18.7 Å². The molecule has 0 atom stereocenters. The number of rotatable bonds is 8. The maximum absolute atomic E-state index is 12.3. The monoisotopic (exact) mass is 372 g/mol. The van der Waals surface area contributed by atoms with Gasteiger partial charge in [0.25, 0.3) is 0 Å². The van der Waals surface area contributed by atoms with Crippen LogP contribution in [0.15, 0.2) is 29.4 Å². The second-order valence-electron chi connectivity index (χ2n) is 7.15. The van der Waals surface area contributed by atoms with Gasteiger partial charge in [-0.05, 0) is 61.8 Å². The van der Waals surface area contributed by atoms with Crippen molar-refractivity contribution in [2.24, 2.45) is 18.9 Å². The highest BCUT2D eigenvalue weighted by molar-refractivity contribution is 7.99. The average molecular weight is 372 g/mol. The maximum Gasteiger partial charge on any atom is 0.230 e. The lowest BCUT2D eigenvalue weighted by Crippen LogP contribution is -2.39. The van der Waals surface area contributed by atoms with Crippen LogP contribution in [-0.4, -0.2) is 39.6 Å². The van der Waals surface area contributed by atoms with E-state index in [1.807, 2.05) is 35.9 Å². The molecule has 2 aliphatic rings. The quantitative estimate of drug-likeness (QED) is 0.722. The van der Waals surface area contributed by atoms with Gasteiger partial charge >= 0.3 is 0 Å². The Hall–Kier alpha value is -2.02. The van der Waals surface area contributed by atoms with Gasteiger partial charge in [0.15, 0.2) is 11.0 Å². The van der Waals surface area contributed by atoms with Crippen molar-refractivity contribution in [3.8, 4) is 17.1 Å². The number of carbonyl (C=O) groups is 1. The van der Waals surface area contributed by atoms with Gasteiger partial charge in [0.2, 0.25) is 5.91 Å². The summed E-state index contributed by atoms with van der Waals surface area (Å²) in [5.74, 6) is 3.51. The predicted octanol–water partition coefficient (Wildman–Crippen LogP) is 2.89. The standard InChI is InChI=1S/C19H24N4O2S/c1-23-18(14-7-9-15(25-2)10-8-14)21-22-19(23)26-11-16(24)20-17(12-3-4-12)13-5-6-13/h7-10,12-13,17H,3-6,11H2,1-2H3,(H,20,24). The lowest BCUT2D eigenvalue weighted by atomic mass is 10.1. The first-order valence-corrected chi connectivity index (χ1v) is 10.1. The molecule has 2 aliphatic carbocycles. The van der Waals surface area contributed by atoms with Crippen LogP contribution < -0.4 is 10.1 Å². The fraction of sp³-hybridized carbons (Fsp3) is 0.526. The number of ether oxygens (including phenoxy) is 1. The minimum atomic E-state index is 0.104. The lowest BCUT2D eigenvalue weighted by molar-refractivity contribution is -0.119. The zero-order valence-electron chi connectivity index (χ0n) is 15.1. The Morgan fingerprint density at radius 2 is 1.88 bits per heavy atom. The molecular formula is C19H24N4O2S. The number of nitrogens with one attached hydrogen (secondary N) is 1. The molecule has 2 fully saturated rings. The molecule has 1 N–H and O–H groups in total. The average Bonchev–Trinajstić information content (AvgIpc) is 3.57. The minimum absolute atomic E-state index is 0.104. The summed E-state index contributed by atoms with van der Waals surface area (Å²) >= 11 is 1.44. The summed E-state index contributed by atoms with van der Waals surface area (Å²) in [6, 6.07) is 8.12. The number of carbonyl (C=O) groups excluding carboxylic acids is 1. The lowest BCUT2D eigenvalue weighted by Gasteiger charge is -2.17. The molecule has 7 heteroatoms. The smallest absolute Gasteiger partial charge is 0.230 e.